The summed E-state index contributed by atoms with van der Waals surface area (Å²) >= 11 is 0. The number of rotatable bonds is 7. The van der Waals surface area contributed by atoms with Crippen LogP contribution < -0.4 is 5.32 Å². The second-order valence-corrected chi connectivity index (χ2v) is 6.32. The molecule has 0 spiro atoms. The van der Waals surface area contributed by atoms with Crippen LogP contribution in [0.1, 0.15) is 30.6 Å². The minimum absolute atomic E-state index is 0.0356. The van der Waals surface area contributed by atoms with Crippen molar-refractivity contribution in [3.8, 4) is 5.69 Å². The molecule has 140 valence electrons. The van der Waals surface area contributed by atoms with Gasteiger partial charge in [-0.3, -0.25) is 19.6 Å². The van der Waals surface area contributed by atoms with E-state index in [-0.39, 0.29) is 24.1 Å². The first-order valence-electron chi connectivity index (χ1n) is 8.65. The van der Waals surface area contributed by atoms with Gasteiger partial charge in [-0.15, -0.1) is 0 Å². The van der Waals surface area contributed by atoms with Crippen LogP contribution in [-0.4, -0.2) is 25.2 Å². The van der Waals surface area contributed by atoms with Crippen molar-refractivity contribution in [1.29, 1.82) is 0 Å². The van der Waals surface area contributed by atoms with E-state index in [4.69, 9.17) is 0 Å². The number of nitrogens with zero attached hydrogens (tertiary/aromatic N) is 4. The third-order valence-corrected chi connectivity index (χ3v) is 4.50. The van der Waals surface area contributed by atoms with Crippen LogP contribution in [0.15, 0.2) is 55.0 Å². The summed E-state index contributed by atoms with van der Waals surface area (Å²) in [5.41, 5.74) is 2.47. The molecule has 1 amide bonds. The van der Waals surface area contributed by atoms with Crippen LogP contribution in [0.3, 0.4) is 0 Å². The molecule has 8 heteroatoms. The van der Waals surface area contributed by atoms with E-state index in [1.807, 2.05) is 60.3 Å². The summed E-state index contributed by atoms with van der Waals surface area (Å²) in [5, 5.41) is 17.8. The summed E-state index contributed by atoms with van der Waals surface area (Å²) in [4.78, 5) is 22.6. The van der Waals surface area contributed by atoms with Crippen LogP contribution >= 0.6 is 0 Å². The molecule has 8 nitrogen and oxygen atoms in total. The Morgan fingerprint density at radius 3 is 2.52 bits per heavy atom. The zero-order valence-electron chi connectivity index (χ0n) is 15.2. The van der Waals surface area contributed by atoms with E-state index < -0.39 is 4.92 Å². The Balaban J connectivity index is 1.55. The quantitative estimate of drug-likeness (QED) is 0.512. The highest BCUT2D eigenvalue weighted by Crippen LogP contribution is 2.18. The van der Waals surface area contributed by atoms with E-state index in [1.165, 1.54) is 10.9 Å². The molecule has 27 heavy (non-hydrogen) atoms. The molecule has 1 atom stereocenters. The lowest BCUT2D eigenvalue weighted by atomic mass is 10.1. The van der Waals surface area contributed by atoms with Crippen molar-refractivity contribution < 1.29 is 9.72 Å². The Bertz CT molecular complexity index is 929. The third-order valence-electron chi connectivity index (χ3n) is 4.50. The third kappa shape index (κ3) is 4.22. The molecule has 0 aliphatic rings. The lowest BCUT2D eigenvalue weighted by Crippen LogP contribution is -2.27. The molecule has 0 saturated heterocycles. The number of hydrogen-bond donors (Lipinski definition) is 1. The van der Waals surface area contributed by atoms with Crippen molar-refractivity contribution in [3.63, 3.8) is 0 Å². The second kappa shape index (κ2) is 7.86. The Morgan fingerprint density at radius 2 is 1.93 bits per heavy atom. The number of benzene rings is 1. The standard InChI is InChI=1S/C19H21N5O3/c1-14(16-5-7-17(8-6-16)22-10-3-4-11-22)21-19(25)9-12-23-15(2)18(13-20-23)24(26)27/h3-8,10-11,13-14H,9,12H2,1-2H3,(H,21,25). The van der Waals surface area contributed by atoms with E-state index in [0.29, 0.717) is 12.2 Å². The van der Waals surface area contributed by atoms with Crippen molar-refractivity contribution in [2.45, 2.75) is 32.9 Å². The number of amides is 1. The molecule has 0 aliphatic carbocycles. The fraction of sp³-hybridized carbons (Fsp3) is 0.263. The molecular weight excluding hydrogens is 346 g/mol. The normalized spacial score (nSPS) is 11.9. The summed E-state index contributed by atoms with van der Waals surface area (Å²) in [6, 6.07) is 11.8. The van der Waals surface area contributed by atoms with Gasteiger partial charge in [-0.2, -0.15) is 5.10 Å². The van der Waals surface area contributed by atoms with E-state index in [1.54, 1.807) is 6.92 Å². The van der Waals surface area contributed by atoms with Crippen molar-refractivity contribution in [3.05, 3.63) is 76.4 Å². The van der Waals surface area contributed by atoms with E-state index in [0.717, 1.165) is 11.3 Å². The first-order valence-corrected chi connectivity index (χ1v) is 8.65. The van der Waals surface area contributed by atoms with E-state index >= 15 is 0 Å². The van der Waals surface area contributed by atoms with Crippen molar-refractivity contribution in [2.24, 2.45) is 0 Å². The van der Waals surface area contributed by atoms with Crippen LogP contribution in [0.5, 0.6) is 0 Å². The molecule has 1 aromatic carbocycles. The van der Waals surface area contributed by atoms with Crippen LogP contribution in [-0.2, 0) is 11.3 Å². The molecule has 0 radical (unpaired) electrons. The first kappa shape index (κ1) is 18.4. The topological polar surface area (TPSA) is 95.0 Å². The van der Waals surface area contributed by atoms with Gasteiger partial charge >= 0.3 is 5.69 Å². The van der Waals surface area contributed by atoms with E-state index in [2.05, 4.69) is 10.4 Å². The molecule has 1 N–H and O–H groups in total. The van der Waals surface area contributed by atoms with Gasteiger partial charge in [0.2, 0.25) is 5.91 Å². The number of aryl methyl sites for hydroxylation is 1. The van der Waals surface area contributed by atoms with Crippen LogP contribution in [0.2, 0.25) is 0 Å². The summed E-state index contributed by atoms with van der Waals surface area (Å²) < 4.78 is 3.49. The average Bonchev–Trinajstić information content (AvgIpc) is 3.30. The maximum absolute atomic E-state index is 12.2. The smallest absolute Gasteiger partial charge is 0.309 e. The predicted molar refractivity (Wildman–Crippen MR) is 101 cm³/mol. The number of carbonyl (C=O) groups excluding carboxylic acids is 1. The van der Waals surface area contributed by atoms with Crippen molar-refractivity contribution in [2.75, 3.05) is 0 Å². The molecular formula is C19H21N5O3. The Hall–Kier alpha value is -3.42. The largest absolute Gasteiger partial charge is 0.350 e. The van der Waals surface area contributed by atoms with Gasteiger partial charge in [0.25, 0.3) is 0 Å². The highest BCUT2D eigenvalue weighted by atomic mass is 16.6. The van der Waals surface area contributed by atoms with E-state index in [9.17, 15) is 14.9 Å². The van der Waals surface area contributed by atoms with Crippen LogP contribution in [0, 0.1) is 17.0 Å². The Morgan fingerprint density at radius 1 is 1.26 bits per heavy atom. The molecule has 0 bridgehead atoms. The van der Waals surface area contributed by atoms with Gasteiger partial charge in [0.15, 0.2) is 0 Å². The zero-order valence-corrected chi connectivity index (χ0v) is 15.2. The Labute approximate surface area is 156 Å². The molecule has 0 saturated carbocycles. The summed E-state index contributed by atoms with van der Waals surface area (Å²) in [7, 11) is 0. The zero-order chi connectivity index (χ0) is 19.4. The molecule has 3 aromatic rings. The minimum Gasteiger partial charge on any atom is -0.350 e. The Kier molecular flexibility index (Phi) is 5.35. The molecule has 1 unspecified atom stereocenters. The number of carbonyl (C=O) groups is 1. The predicted octanol–water partition coefficient (Wildman–Crippen LogP) is 3.16. The lowest BCUT2D eigenvalue weighted by Gasteiger charge is -2.15. The van der Waals surface area contributed by atoms with Crippen molar-refractivity contribution >= 4 is 11.6 Å². The SMILES string of the molecule is Cc1c([N+](=O)[O-])cnn1CCC(=O)NC(C)c1ccc(-n2cccc2)cc1. The number of nitrogens with one attached hydrogen (secondary N) is 1. The number of hydrogen-bond acceptors (Lipinski definition) is 4. The van der Waals surface area contributed by atoms with Gasteiger partial charge in [-0.1, -0.05) is 12.1 Å². The fourth-order valence-corrected chi connectivity index (χ4v) is 2.89. The summed E-state index contributed by atoms with van der Waals surface area (Å²) in [5.74, 6) is -0.130. The molecule has 2 aromatic heterocycles. The van der Waals surface area contributed by atoms with Gasteiger partial charge in [-0.05, 0) is 43.7 Å². The summed E-state index contributed by atoms with van der Waals surface area (Å²) in [6.45, 7) is 3.84. The van der Waals surface area contributed by atoms with Crippen LogP contribution in [0.25, 0.3) is 5.69 Å². The minimum atomic E-state index is -0.474. The van der Waals surface area contributed by atoms with Crippen molar-refractivity contribution in [1.82, 2.24) is 19.7 Å². The highest BCUT2D eigenvalue weighted by Gasteiger charge is 2.17. The van der Waals surface area contributed by atoms with Gasteiger partial charge in [0, 0.05) is 24.5 Å². The van der Waals surface area contributed by atoms with Gasteiger partial charge in [-0.25, -0.2) is 0 Å². The summed E-state index contributed by atoms with van der Waals surface area (Å²) in [6.07, 6.45) is 5.36. The molecule has 3 rings (SSSR count). The molecule has 2 heterocycles. The van der Waals surface area contributed by atoms with Gasteiger partial charge in [0.1, 0.15) is 11.9 Å². The number of aromatic nitrogens is 3. The maximum Gasteiger partial charge on any atom is 0.309 e. The molecule has 0 aliphatic heterocycles. The van der Waals surface area contributed by atoms with Gasteiger partial charge in [0.05, 0.1) is 17.5 Å². The molecule has 0 fully saturated rings. The fourth-order valence-electron chi connectivity index (χ4n) is 2.89. The van der Waals surface area contributed by atoms with Crippen LogP contribution in [0.4, 0.5) is 5.69 Å². The average molecular weight is 367 g/mol. The lowest BCUT2D eigenvalue weighted by molar-refractivity contribution is -0.385. The first-order chi connectivity index (χ1) is 13.0. The maximum atomic E-state index is 12.2. The number of nitro groups is 1. The highest BCUT2D eigenvalue weighted by molar-refractivity contribution is 5.76. The van der Waals surface area contributed by atoms with Gasteiger partial charge < -0.3 is 9.88 Å². The monoisotopic (exact) mass is 367 g/mol. The second-order valence-electron chi connectivity index (χ2n) is 6.32.